The summed E-state index contributed by atoms with van der Waals surface area (Å²) >= 11 is 2.03. The first kappa shape index (κ1) is 16.3. The monoisotopic (exact) mass is 247 g/mol. The average molecular weight is 247 g/mol. The van der Waals surface area contributed by atoms with E-state index in [0.717, 1.165) is 25.3 Å². The van der Waals surface area contributed by atoms with Crippen LogP contribution < -0.4 is 5.32 Å². The van der Waals surface area contributed by atoms with Gasteiger partial charge < -0.3 is 10.4 Å². The maximum Gasteiger partial charge on any atom is 0.0434 e. The SMILES string of the molecule is CCC(CCO)CNC(C)CSCC(C)C. The highest BCUT2D eigenvalue weighted by Gasteiger charge is 2.08. The van der Waals surface area contributed by atoms with Gasteiger partial charge in [-0.2, -0.15) is 11.8 Å². The second-order valence-electron chi connectivity index (χ2n) is 5.03. The number of hydrogen-bond donors (Lipinski definition) is 2. The van der Waals surface area contributed by atoms with E-state index in [-0.39, 0.29) is 0 Å². The lowest BCUT2D eigenvalue weighted by molar-refractivity contribution is 0.249. The fraction of sp³-hybridized carbons (Fsp3) is 1.00. The van der Waals surface area contributed by atoms with Crippen LogP contribution in [0.25, 0.3) is 0 Å². The molecule has 0 rings (SSSR count). The fourth-order valence-electron chi connectivity index (χ4n) is 1.54. The molecule has 0 bridgehead atoms. The molecule has 0 spiro atoms. The Labute approximate surface area is 106 Å². The third kappa shape index (κ3) is 9.49. The van der Waals surface area contributed by atoms with Crippen LogP contribution in [-0.2, 0) is 0 Å². The Kier molecular flexibility index (Phi) is 10.6. The van der Waals surface area contributed by atoms with Crippen molar-refractivity contribution in [2.45, 2.75) is 46.6 Å². The zero-order valence-corrected chi connectivity index (χ0v) is 12.1. The highest BCUT2D eigenvalue weighted by Crippen LogP contribution is 2.10. The van der Waals surface area contributed by atoms with E-state index in [1.54, 1.807) is 0 Å². The van der Waals surface area contributed by atoms with Gasteiger partial charge in [-0.15, -0.1) is 0 Å². The fourth-order valence-corrected chi connectivity index (χ4v) is 2.62. The van der Waals surface area contributed by atoms with E-state index in [9.17, 15) is 0 Å². The van der Waals surface area contributed by atoms with Gasteiger partial charge in [-0.1, -0.05) is 27.2 Å². The molecule has 0 saturated carbocycles. The van der Waals surface area contributed by atoms with Gasteiger partial charge in [-0.25, -0.2) is 0 Å². The quantitative estimate of drug-likeness (QED) is 0.622. The van der Waals surface area contributed by atoms with Crippen molar-refractivity contribution in [1.29, 1.82) is 0 Å². The molecule has 0 amide bonds. The van der Waals surface area contributed by atoms with Gasteiger partial charge in [-0.05, 0) is 37.5 Å². The normalized spacial score (nSPS) is 15.4. The summed E-state index contributed by atoms with van der Waals surface area (Å²) in [5.74, 6) is 3.85. The standard InChI is InChI=1S/C13H29NOS/c1-5-13(6-7-15)8-14-12(4)10-16-9-11(2)3/h11-15H,5-10H2,1-4H3. The average Bonchev–Trinajstić information content (AvgIpc) is 2.23. The van der Waals surface area contributed by atoms with Crippen molar-refractivity contribution in [3.63, 3.8) is 0 Å². The van der Waals surface area contributed by atoms with Crippen molar-refractivity contribution >= 4 is 11.8 Å². The van der Waals surface area contributed by atoms with Gasteiger partial charge in [-0.3, -0.25) is 0 Å². The summed E-state index contributed by atoms with van der Waals surface area (Å²) in [4.78, 5) is 0. The molecule has 0 aromatic heterocycles. The van der Waals surface area contributed by atoms with Gasteiger partial charge >= 0.3 is 0 Å². The lowest BCUT2D eigenvalue weighted by atomic mass is 10.0. The molecule has 3 heteroatoms. The van der Waals surface area contributed by atoms with Crippen LogP contribution >= 0.6 is 11.8 Å². The first-order valence-electron chi connectivity index (χ1n) is 6.52. The summed E-state index contributed by atoms with van der Waals surface area (Å²) < 4.78 is 0. The molecular weight excluding hydrogens is 218 g/mol. The molecule has 16 heavy (non-hydrogen) atoms. The van der Waals surface area contributed by atoms with Crippen LogP contribution in [0.2, 0.25) is 0 Å². The Hall–Kier alpha value is 0.270. The number of rotatable bonds is 10. The van der Waals surface area contributed by atoms with Gasteiger partial charge in [0.1, 0.15) is 0 Å². The minimum Gasteiger partial charge on any atom is -0.396 e. The van der Waals surface area contributed by atoms with E-state index in [4.69, 9.17) is 5.11 Å². The molecule has 0 radical (unpaired) electrons. The Morgan fingerprint density at radius 3 is 2.38 bits per heavy atom. The van der Waals surface area contributed by atoms with E-state index >= 15 is 0 Å². The van der Waals surface area contributed by atoms with E-state index in [1.807, 2.05) is 11.8 Å². The van der Waals surface area contributed by atoms with E-state index < -0.39 is 0 Å². The van der Waals surface area contributed by atoms with Gasteiger partial charge in [0, 0.05) is 18.4 Å². The molecule has 0 fully saturated rings. The highest BCUT2D eigenvalue weighted by molar-refractivity contribution is 7.99. The molecule has 2 nitrogen and oxygen atoms in total. The van der Waals surface area contributed by atoms with Crippen LogP contribution in [0.3, 0.4) is 0 Å². The lowest BCUT2D eigenvalue weighted by Gasteiger charge is -2.19. The minimum absolute atomic E-state index is 0.316. The Bertz CT molecular complexity index is 153. The third-order valence-corrected chi connectivity index (χ3v) is 4.33. The Morgan fingerprint density at radius 2 is 1.88 bits per heavy atom. The van der Waals surface area contributed by atoms with Crippen molar-refractivity contribution in [2.75, 3.05) is 24.7 Å². The minimum atomic E-state index is 0.316. The molecule has 2 unspecified atom stereocenters. The second kappa shape index (κ2) is 10.4. The first-order chi connectivity index (χ1) is 7.60. The molecular formula is C13H29NOS. The molecule has 0 aliphatic heterocycles. The van der Waals surface area contributed by atoms with Crippen LogP contribution in [-0.4, -0.2) is 35.8 Å². The number of thioether (sulfide) groups is 1. The van der Waals surface area contributed by atoms with Crippen LogP contribution in [0.1, 0.15) is 40.5 Å². The molecule has 0 aromatic rings. The van der Waals surface area contributed by atoms with Crippen LogP contribution in [0, 0.1) is 11.8 Å². The molecule has 0 saturated heterocycles. The molecule has 0 aromatic carbocycles. The van der Waals surface area contributed by atoms with Crippen molar-refractivity contribution < 1.29 is 5.11 Å². The Balaban J connectivity index is 3.50. The van der Waals surface area contributed by atoms with Crippen molar-refractivity contribution in [3.8, 4) is 0 Å². The van der Waals surface area contributed by atoms with Crippen molar-refractivity contribution in [2.24, 2.45) is 11.8 Å². The van der Waals surface area contributed by atoms with Crippen LogP contribution in [0.15, 0.2) is 0 Å². The Morgan fingerprint density at radius 1 is 1.19 bits per heavy atom. The van der Waals surface area contributed by atoms with Crippen molar-refractivity contribution in [3.05, 3.63) is 0 Å². The van der Waals surface area contributed by atoms with Gasteiger partial charge in [0.25, 0.3) is 0 Å². The summed E-state index contributed by atoms with van der Waals surface area (Å²) in [5.41, 5.74) is 0. The maximum absolute atomic E-state index is 8.90. The molecule has 2 N–H and O–H groups in total. The predicted octanol–water partition coefficient (Wildman–Crippen LogP) is 2.76. The van der Waals surface area contributed by atoms with E-state index in [1.165, 1.54) is 11.5 Å². The van der Waals surface area contributed by atoms with Gasteiger partial charge in [0.15, 0.2) is 0 Å². The maximum atomic E-state index is 8.90. The molecule has 0 aliphatic carbocycles. The zero-order chi connectivity index (χ0) is 12.4. The largest absolute Gasteiger partial charge is 0.396 e. The molecule has 0 aliphatic rings. The number of aliphatic hydroxyl groups is 1. The molecule has 2 atom stereocenters. The predicted molar refractivity (Wildman–Crippen MR) is 75.1 cm³/mol. The van der Waals surface area contributed by atoms with E-state index in [0.29, 0.717) is 18.6 Å². The third-order valence-electron chi connectivity index (χ3n) is 2.69. The molecule has 98 valence electrons. The van der Waals surface area contributed by atoms with Gasteiger partial charge in [0.05, 0.1) is 0 Å². The topological polar surface area (TPSA) is 32.3 Å². The zero-order valence-electron chi connectivity index (χ0n) is 11.3. The summed E-state index contributed by atoms with van der Waals surface area (Å²) in [7, 11) is 0. The first-order valence-corrected chi connectivity index (χ1v) is 7.67. The number of hydrogen-bond acceptors (Lipinski definition) is 3. The summed E-state index contributed by atoms with van der Waals surface area (Å²) in [6.45, 7) is 10.3. The highest BCUT2D eigenvalue weighted by atomic mass is 32.2. The smallest absolute Gasteiger partial charge is 0.0434 e. The van der Waals surface area contributed by atoms with Gasteiger partial charge in [0.2, 0.25) is 0 Å². The van der Waals surface area contributed by atoms with Crippen LogP contribution in [0.4, 0.5) is 0 Å². The summed E-state index contributed by atoms with van der Waals surface area (Å²) in [6, 6.07) is 0.580. The lowest BCUT2D eigenvalue weighted by Crippen LogP contribution is -2.33. The number of aliphatic hydroxyl groups excluding tert-OH is 1. The van der Waals surface area contributed by atoms with E-state index in [2.05, 4.69) is 33.0 Å². The van der Waals surface area contributed by atoms with Crippen molar-refractivity contribution in [1.82, 2.24) is 5.32 Å². The van der Waals surface area contributed by atoms with Crippen LogP contribution in [0.5, 0.6) is 0 Å². The number of nitrogens with one attached hydrogen (secondary N) is 1. The summed E-state index contributed by atoms with van der Waals surface area (Å²) in [5, 5.41) is 12.5. The summed E-state index contributed by atoms with van der Waals surface area (Å²) in [6.07, 6.45) is 2.08. The molecule has 0 heterocycles. The second-order valence-corrected chi connectivity index (χ2v) is 6.10.